The molecule has 0 spiro atoms. The van der Waals surface area contributed by atoms with E-state index in [0.29, 0.717) is 17.6 Å². The van der Waals surface area contributed by atoms with Gasteiger partial charge in [-0.1, -0.05) is 23.9 Å². The molecule has 0 aliphatic carbocycles. The van der Waals surface area contributed by atoms with Crippen molar-refractivity contribution in [3.63, 3.8) is 0 Å². The number of aromatic nitrogens is 2. The maximum absolute atomic E-state index is 12.4. The van der Waals surface area contributed by atoms with Crippen LogP contribution in [0.3, 0.4) is 0 Å². The molecule has 1 aromatic carbocycles. The molecule has 100 valence electrons. The first-order valence-electron chi connectivity index (χ1n) is 5.43. The molecule has 1 heterocycles. The number of aryl methyl sites for hydroxylation is 1. The van der Waals surface area contributed by atoms with Crippen molar-refractivity contribution in [3.8, 4) is 0 Å². The number of hydrogen-bond acceptors (Lipinski definition) is 3. The van der Waals surface area contributed by atoms with Gasteiger partial charge in [0, 0.05) is 10.5 Å². The standard InChI is InChI=1S/C12H11F2N3OS/c1-7-6-15-17-10(7)16-11(18)8-4-2-3-5-9(8)19-12(13)14/h2-6,12H,1H3,(H2,15,16,17,18). The maximum Gasteiger partial charge on any atom is 0.288 e. The van der Waals surface area contributed by atoms with Crippen LogP contribution in [0.4, 0.5) is 14.6 Å². The predicted octanol–water partition coefficient (Wildman–Crippen LogP) is 3.29. The van der Waals surface area contributed by atoms with E-state index in [9.17, 15) is 13.6 Å². The summed E-state index contributed by atoms with van der Waals surface area (Å²) in [5.41, 5.74) is 0.981. The van der Waals surface area contributed by atoms with Crippen LogP contribution in [-0.2, 0) is 0 Å². The van der Waals surface area contributed by atoms with Crippen LogP contribution in [0.2, 0.25) is 0 Å². The Balaban J connectivity index is 2.21. The Morgan fingerprint density at radius 3 is 2.79 bits per heavy atom. The number of thioether (sulfide) groups is 1. The highest BCUT2D eigenvalue weighted by Crippen LogP contribution is 2.28. The van der Waals surface area contributed by atoms with Crippen LogP contribution in [0, 0.1) is 6.92 Å². The number of H-pyrrole nitrogens is 1. The Labute approximate surface area is 112 Å². The number of aromatic amines is 1. The molecule has 0 aliphatic heterocycles. The Morgan fingerprint density at radius 2 is 2.16 bits per heavy atom. The van der Waals surface area contributed by atoms with Gasteiger partial charge in [0.15, 0.2) is 0 Å². The van der Waals surface area contributed by atoms with Gasteiger partial charge in [0.05, 0.1) is 11.8 Å². The first-order chi connectivity index (χ1) is 9.08. The summed E-state index contributed by atoms with van der Waals surface area (Å²) in [5.74, 6) is -2.55. The van der Waals surface area contributed by atoms with E-state index < -0.39 is 11.7 Å². The van der Waals surface area contributed by atoms with Gasteiger partial charge in [-0.3, -0.25) is 9.89 Å². The summed E-state index contributed by atoms with van der Waals surface area (Å²) >= 11 is 0.350. The number of rotatable bonds is 4. The van der Waals surface area contributed by atoms with E-state index in [1.807, 2.05) is 0 Å². The molecule has 2 N–H and O–H groups in total. The first-order valence-corrected chi connectivity index (χ1v) is 6.31. The summed E-state index contributed by atoms with van der Waals surface area (Å²) in [6, 6.07) is 6.24. The Morgan fingerprint density at radius 1 is 1.42 bits per heavy atom. The quantitative estimate of drug-likeness (QED) is 0.847. The number of hydrogen-bond donors (Lipinski definition) is 2. The monoisotopic (exact) mass is 283 g/mol. The van der Waals surface area contributed by atoms with Crippen LogP contribution in [-0.4, -0.2) is 21.9 Å². The summed E-state index contributed by atoms with van der Waals surface area (Å²) in [5, 5.41) is 9.01. The number of alkyl halides is 2. The maximum atomic E-state index is 12.4. The lowest BCUT2D eigenvalue weighted by Gasteiger charge is -2.08. The van der Waals surface area contributed by atoms with Gasteiger partial charge in [0.25, 0.3) is 11.7 Å². The molecule has 0 fully saturated rings. The van der Waals surface area contributed by atoms with Crippen molar-refractivity contribution < 1.29 is 13.6 Å². The molecule has 2 aromatic rings. The van der Waals surface area contributed by atoms with Gasteiger partial charge in [-0.2, -0.15) is 13.9 Å². The highest BCUT2D eigenvalue weighted by Gasteiger charge is 2.16. The summed E-state index contributed by atoms with van der Waals surface area (Å²) < 4.78 is 24.8. The number of nitrogens with one attached hydrogen (secondary N) is 2. The van der Waals surface area contributed by atoms with E-state index >= 15 is 0 Å². The number of benzene rings is 1. The summed E-state index contributed by atoms with van der Waals surface area (Å²) in [6.45, 7) is 1.78. The minimum atomic E-state index is -2.57. The van der Waals surface area contributed by atoms with Crippen LogP contribution in [0.1, 0.15) is 15.9 Å². The number of anilines is 1. The van der Waals surface area contributed by atoms with Crippen LogP contribution in [0.25, 0.3) is 0 Å². The lowest BCUT2D eigenvalue weighted by Crippen LogP contribution is -2.14. The predicted molar refractivity (Wildman–Crippen MR) is 69.6 cm³/mol. The van der Waals surface area contributed by atoms with Crippen LogP contribution >= 0.6 is 11.8 Å². The molecular formula is C12H11F2N3OS. The fourth-order valence-electron chi connectivity index (χ4n) is 1.51. The van der Waals surface area contributed by atoms with Crippen LogP contribution in [0.15, 0.2) is 35.4 Å². The molecule has 1 aromatic heterocycles. The van der Waals surface area contributed by atoms with Crippen molar-refractivity contribution in [2.45, 2.75) is 17.6 Å². The molecule has 0 atom stereocenters. The molecule has 0 radical (unpaired) electrons. The molecule has 4 nitrogen and oxygen atoms in total. The molecule has 0 saturated heterocycles. The van der Waals surface area contributed by atoms with E-state index in [1.165, 1.54) is 12.1 Å². The summed E-state index contributed by atoms with van der Waals surface area (Å²) in [4.78, 5) is 12.3. The molecule has 0 aliphatic rings. The van der Waals surface area contributed by atoms with E-state index in [2.05, 4.69) is 15.5 Å². The normalized spacial score (nSPS) is 10.7. The van der Waals surface area contributed by atoms with Gasteiger partial charge in [-0.25, -0.2) is 0 Å². The lowest BCUT2D eigenvalue weighted by molar-refractivity contribution is 0.102. The summed E-state index contributed by atoms with van der Waals surface area (Å²) in [6.07, 6.45) is 1.56. The lowest BCUT2D eigenvalue weighted by atomic mass is 10.2. The number of amides is 1. The third-order valence-corrected chi connectivity index (χ3v) is 3.20. The summed E-state index contributed by atoms with van der Waals surface area (Å²) in [7, 11) is 0. The van der Waals surface area contributed by atoms with Gasteiger partial charge in [-0.15, -0.1) is 0 Å². The molecule has 2 rings (SSSR count). The fourth-order valence-corrected chi connectivity index (χ4v) is 2.14. The second-order valence-corrected chi connectivity index (χ2v) is 4.79. The zero-order valence-electron chi connectivity index (χ0n) is 9.98. The van der Waals surface area contributed by atoms with Gasteiger partial charge in [-0.05, 0) is 19.1 Å². The molecule has 19 heavy (non-hydrogen) atoms. The van der Waals surface area contributed by atoms with Crippen molar-refractivity contribution >= 4 is 23.5 Å². The van der Waals surface area contributed by atoms with Gasteiger partial charge in [0.2, 0.25) is 0 Å². The van der Waals surface area contributed by atoms with E-state index in [0.717, 1.165) is 5.56 Å². The van der Waals surface area contributed by atoms with Gasteiger partial charge < -0.3 is 5.32 Å². The largest absolute Gasteiger partial charge is 0.307 e. The number of halogens is 2. The Bertz CT molecular complexity index is 586. The molecule has 0 unspecified atom stereocenters. The third-order valence-electron chi connectivity index (χ3n) is 2.42. The number of carbonyl (C=O) groups is 1. The van der Waals surface area contributed by atoms with Crippen molar-refractivity contribution in [1.29, 1.82) is 0 Å². The molecule has 7 heteroatoms. The number of nitrogens with zero attached hydrogens (tertiary/aromatic N) is 1. The van der Waals surface area contributed by atoms with Gasteiger partial charge >= 0.3 is 0 Å². The van der Waals surface area contributed by atoms with Crippen molar-refractivity contribution in [3.05, 3.63) is 41.6 Å². The Kier molecular flexibility index (Phi) is 4.16. The van der Waals surface area contributed by atoms with Crippen LogP contribution < -0.4 is 5.32 Å². The SMILES string of the molecule is Cc1cn[nH]c1NC(=O)c1ccccc1SC(F)F. The number of carbonyl (C=O) groups excluding carboxylic acids is 1. The highest BCUT2D eigenvalue weighted by atomic mass is 32.2. The van der Waals surface area contributed by atoms with Crippen molar-refractivity contribution in [1.82, 2.24) is 10.2 Å². The second-order valence-electron chi connectivity index (χ2n) is 3.76. The van der Waals surface area contributed by atoms with E-state index in [-0.39, 0.29) is 10.5 Å². The van der Waals surface area contributed by atoms with Crippen molar-refractivity contribution in [2.75, 3.05) is 5.32 Å². The minimum absolute atomic E-state index is 0.210. The average Bonchev–Trinajstić information content (AvgIpc) is 2.75. The average molecular weight is 283 g/mol. The highest BCUT2D eigenvalue weighted by molar-refractivity contribution is 7.99. The Hall–Kier alpha value is -1.89. The van der Waals surface area contributed by atoms with E-state index in [4.69, 9.17) is 0 Å². The third kappa shape index (κ3) is 3.31. The zero-order chi connectivity index (χ0) is 13.8. The van der Waals surface area contributed by atoms with E-state index in [1.54, 1.807) is 25.3 Å². The van der Waals surface area contributed by atoms with Gasteiger partial charge in [0.1, 0.15) is 5.82 Å². The smallest absolute Gasteiger partial charge is 0.288 e. The first kappa shape index (κ1) is 13.5. The molecular weight excluding hydrogens is 272 g/mol. The molecule has 0 bridgehead atoms. The topological polar surface area (TPSA) is 57.8 Å². The molecule has 0 saturated carbocycles. The van der Waals surface area contributed by atoms with Crippen LogP contribution in [0.5, 0.6) is 0 Å². The minimum Gasteiger partial charge on any atom is -0.307 e. The molecule has 1 amide bonds. The zero-order valence-corrected chi connectivity index (χ0v) is 10.8. The van der Waals surface area contributed by atoms with Crippen molar-refractivity contribution in [2.24, 2.45) is 0 Å². The second kappa shape index (κ2) is 5.83. The fraction of sp³-hybridized carbons (Fsp3) is 0.167.